The first-order valence-electron chi connectivity index (χ1n) is 7.68. The molecular formula is C16H6ClF6N5O. The molecule has 0 saturated carbocycles. The summed E-state index contributed by atoms with van der Waals surface area (Å²) in [4.78, 5) is 19.7. The Balaban J connectivity index is 1.90. The molecule has 0 N–H and O–H groups in total. The third-order valence-corrected chi connectivity index (χ3v) is 4.34. The standard InChI is InChI=1S/C16H6ClF6N5O/c17-10-5-7(1-2-9(10)15(18,19)20)27-4-3-11-8(12(27)29)6-24-14-25-13(16(21,22)23)26-28(11)14/h1-6H. The van der Waals surface area contributed by atoms with Crippen LogP contribution in [0.4, 0.5) is 26.3 Å². The predicted octanol–water partition coefficient (Wildman–Crippen LogP) is 4.12. The highest BCUT2D eigenvalue weighted by molar-refractivity contribution is 6.31. The first-order chi connectivity index (χ1) is 13.5. The number of nitrogens with zero attached hydrogens (tertiary/aromatic N) is 5. The van der Waals surface area contributed by atoms with Crippen molar-refractivity contribution >= 4 is 28.3 Å². The topological polar surface area (TPSA) is 65.1 Å². The number of halogens is 7. The molecule has 0 unspecified atom stereocenters. The van der Waals surface area contributed by atoms with Crippen molar-refractivity contribution in [2.75, 3.05) is 0 Å². The first kappa shape index (κ1) is 19.2. The number of pyridine rings is 1. The maximum absolute atomic E-state index is 12.8. The molecule has 0 radical (unpaired) electrons. The summed E-state index contributed by atoms with van der Waals surface area (Å²) in [6, 6.07) is 4.00. The van der Waals surface area contributed by atoms with Gasteiger partial charge in [0.05, 0.1) is 27.2 Å². The largest absolute Gasteiger partial charge is 0.453 e. The lowest BCUT2D eigenvalue weighted by Crippen LogP contribution is -2.19. The van der Waals surface area contributed by atoms with Crippen LogP contribution < -0.4 is 5.56 Å². The Morgan fingerprint density at radius 1 is 1.00 bits per heavy atom. The molecule has 4 aromatic rings. The van der Waals surface area contributed by atoms with E-state index in [2.05, 4.69) is 15.1 Å². The van der Waals surface area contributed by atoms with Crippen molar-refractivity contribution in [2.24, 2.45) is 0 Å². The molecule has 0 aliphatic carbocycles. The van der Waals surface area contributed by atoms with Gasteiger partial charge in [0.15, 0.2) is 0 Å². The van der Waals surface area contributed by atoms with Crippen LogP contribution in [0.5, 0.6) is 0 Å². The molecule has 0 saturated heterocycles. The molecule has 0 aliphatic heterocycles. The fourth-order valence-corrected chi connectivity index (χ4v) is 3.01. The molecule has 29 heavy (non-hydrogen) atoms. The summed E-state index contributed by atoms with van der Waals surface area (Å²) >= 11 is 5.68. The second-order valence-electron chi connectivity index (χ2n) is 5.85. The van der Waals surface area contributed by atoms with Gasteiger partial charge in [-0.3, -0.25) is 9.36 Å². The molecule has 0 aliphatic rings. The summed E-state index contributed by atoms with van der Waals surface area (Å²) < 4.78 is 78.8. The van der Waals surface area contributed by atoms with Crippen molar-refractivity contribution in [3.8, 4) is 5.69 Å². The van der Waals surface area contributed by atoms with Gasteiger partial charge in [0, 0.05) is 12.4 Å². The summed E-state index contributed by atoms with van der Waals surface area (Å²) in [5, 5.41) is 2.61. The highest BCUT2D eigenvalue weighted by Crippen LogP contribution is 2.35. The van der Waals surface area contributed by atoms with Gasteiger partial charge in [-0.05, 0) is 24.3 Å². The summed E-state index contributed by atoms with van der Waals surface area (Å²) in [5.41, 5.74) is -1.78. The van der Waals surface area contributed by atoms with E-state index in [1.54, 1.807) is 0 Å². The van der Waals surface area contributed by atoms with E-state index < -0.39 is 34.3 Å². The quantitative estimate of drug-likeness (QED) is 0.424. The van der Waals surface area contributed by atoms with Gasteiger partial charge in [0.1, 0.15) is 0 Å². The lowest BCUT2D eigenvalue weighted by molar-refractivity contribution is -0.144. The predicted molar refractivity (Wildman–Crippen MR) is 88.9 cm³/mol. The fourth-order valence-electron chi connectivity index (χ4n) is 2.73. The van der Waals surface area contributed by atoms with Gasteiger partial charge in [-0.2, -0.15) is 35.8 Å². The Morgan fingerprint density at radius 2 is 1.72 bits per heavy atom. The Labute approximate surface area is 161 Å². The van der Waals surface area contributed by atoms with E-state index in [4.69, 9.17) is 11.6 Å². The van der Waals surface area contributed by atoms with Crippen molar-refractivity contribution in [1.82, 2.24) is 24.1 Å². The number of aromatic nitrogens is 5. The highest BCUT2D eigenvalue weighted by Gasteiger charge is 2.37. The van der Waals surface area contributed by atoms with Crippen molar-refractivity contribution < 1.29 is 26.3 Å². The van der Waals surface area contributed by atoms with Crippen molar-refractivity contribution in [3.63, 3.8) is 0 Å². The molecule has 150 valence electrons. The van der Waals surface area contributed by atoms with Crippen LogP contribution in [0.25, 0.3) is 22.4 Å². The molecule has 0 amide bonds. The normalized spacial score (nSPS) is 12.8. The van der Waals surface area contributed by atoms with E-state index in [1.807, 2.05) is 0 Å². The molecule has 0 spiro atoms. The Kier molecular flexibility index (Phi) is 4.08. The number of alkyl halides is 6. The van der Waals surface area contributed by atoms with Crippen LogP contribution in [0, 0.1) is 0 Å². The SMILES string of the molecule is O=c1c2cnc3nc(C(F)(F)F)nn3c2ccn1-c1ccc(C(F)(F)F)c(Cl)c1. The molecule has 3 aromatic heterocycles. The van der Waals surface area contributed by atoms with Crippen LogP contribution in [0.3, 0.4) is 0 Å². The summed E-state index contributed by atoms with van der Waals surface area (Å²) in [7, 11) is 0. The van der Waals surface area contributed by atoms with Gasteiger partial charge in [0.2, 0.25) is 0 Å². The van der Waals surface area contributed by atoms with Gasteiger partial charge in [0.25, 0.3) is 17.2 Å². The Hall–Kier alpha value is -3.15. The zero-order valence-corrected chi connectivity index (χ0v) is 14.5. The minimum Gasteiger partial charge on any atom is -0.284 e. The number of hydrogen-bond acceptors (Lipinski definition) is 4. The van der Waals surface area contributed by atoms with Crippen LogP contribution in [0.2, 0.25) is 5.02 Å². The van der Waals surface area contributed by atoms with Gasteiger partial charge in [-0.25, -0.2) is 4.98 Å². The maximum atomic E-state index is 12.8. The maximum Gasteiger partial charge on any atom is 0.453 e. The molecule has 0 bridgehead atoms. The minimum atomic E-state index is -4.80. The lowest BCUT2D eigenvalue weighted by atomic mass is 10.2. The third kappa shape index (κ3) is 3.18. The lowest BCUT2D eigenvalue weighted by Gasteiger charge is -2.12. The van der Waals surface area contributed by atoms with Crippen LogP contribution >= 0.6 is 11.6 Å². The molecule has 0 fully saturated rings. The smallest absolute Gasteiger partial charge is 0.284 e. The van der Waals surface area contributed by atoms with E-state index in [9.17, 15) is 31.1 Å². The number of fused-ring (bicyclic) bond motifs is 3. The molecule has 6 nitrogen and oxygen atoms in total. The molecule has 0 atom stereocenters. The Bertz CT molecular complexity index is 1320. The average molecular weight is 434 g/mol. The Morgan fingerprint density at radius 3 is 2.34 bits per heavy atom. The average Bonchev–Trinajstić information content (AvgIpc) is 3.06. The van der Waals surface area contributed by atoms with Crippen LogP contribution in [0.15, 0.2) is 41.5 Å². The number of rotatable bonds is 1. The first-order valence-corrected chi connectivity index (χ1v) is 8.06. The molecule has 4 rings (SSSR count). The van der Waals surface area contributed by atoms with E-state index in [0.29, 0.717) is 0 Å². The third-order valence-electron chi connectivity index (χ3n) is 4.02. The van der Waals surface area contributed by atoms with Crippen LogP contribution in [-0.4, -0.2) is 24.1 Å². The monoisotopic (exact) mass is 433 g/mol. The fraction of sp³-hybridized carbons (Fsp3) is 0.125. The molecule has 13 heteroatoms. The van der Waals surface area contributed by atoms with Crippen molar-refractivity contribution in [3.05, 3.63) is 63.4 Å². The number of benzene rings is 1. The minimum absolute atomic E-state index is 0.00254. The second-order valence-corrected chi connectivity index (χ2v) is 6.26. The van der Waals surface area contributed by atoms with Crippen LogP contribution in [0.1, 0.15) is 11.4 Å². The van der Waals surface area contributed by atoms with Gasteiger partial charge < -0.3 is 0 Å². The van der Waals surface area contributed by atoms with E-state index in [1.165, 1.54) is 12.3 Å². The second kappa shape index (κ2) is 6.17. The molecule has 1 aromatic carbocycles. The van der Waals surface area contributed by atoms with E-state index >= 15 is 0 Å². The van der Waals surface area contributed by atoms with Crippen molar-refractivity contribution in [1.29, 1.82) is 0 Å². The van der Waals surface area contributed by atoms with E-state index in [0.717, 1.165) is 33.5 Å². The van der Waals surface area contributed by atoms with E-state index in [-0.39, 0.29) is 22.4 Å². The molecule has 3 heterocycles. The summed E-state index contributed by atoms with van der Waals surface area (Å²) in [5.74, 6) is -1.78. The van der Waals surface area contributed by atoms with Crippen molar-refractivity contribution in [2.45, 2.75) is 12.4 Å². The highest BCUT2D eigenvalue weighted by atomic mass is 35.5. The van der Waals surface area contributed by atoms with Gasteiger partial charge in [-0.1, -0.05) is 11.6 Å². The summed E-state index contributed by atoms with van der Waals surface area (Å²) in [6.45, 7) is 0. The zero-order valence-electron chi connectivity index (χ0n) is 13.8. The molecular weight excluding hydrogens is 428 g/mol. The van der Waals surface area contributed by atoms with Crippen LogP contribution in [-0.2, 0) is 12.4 Å². The summed E-state index contributed by atoms with van der Waals surface area (Å²) in [6.07, 6.45) is -7.27. The number of hydrogen-bond donors (Lipinski definition) is 0. The zero-order chi connectivity index (χ0) is 21.1. The van der Waals surface area contributed by atoms with Gasteiger partial charge in [-0.15, -0.1) is 5.10 Å². The van der Waals surface area contributed by atoms with Gasteiger partial charge >= 0.3 is 12.4 Å².